The third-order valence-electron chi connectivity index (χ3n) is 6.61. The fourth-order valence-corrected chi connectivity index (χ4v) is 4.69. The SMILES string of the molecule is C#CCOc1cc(O)c2c(=O)c(OCC#C)c(-c3ccc4c(c3)O[C@H](c3ccc(OCC#C)c(OC)c3)[C@@H](CO)O4)oc2c1. The summed E-state index contributed by atoms with van der Waals surface area (Å²) in [7, 11) is 1.49. The lowest BCUT2D eigenvalue weighted by Gasteiger charge is -2.33. The second-order valence-electron chi connectivity index (χ2n) is 9.33. The van der Waals surface area contributed by atoms with Gasteiger partial charge in [0, 0.05) is 23.3 Å². The fourth-order valence-electron chi connectivity index (χ4n) is 4.69. The van der Waals surface area contributed by atoms with E-state index in [4.69, 9.17) is 52.1 Å². The number of phenolic OH excluding ortho intramolecular Hbond substituents is 1. The molecule has 0 radical (unpaired) electrons. The van der Waals surface area contributed by atoms with Gasteiger partial charge in [-0.3, -0.25) is 4.79 Å². The molecule has 10 heteroatoms. The number of hydrogen-bond acceptors (Lipinski definition) is 10. The highest BCUT2D eigenvalue weighted by molar-refractivity contribution is 5.88. The second-order valence-corrected chi connectivity index (χ2v) is 9.33. The summed E-state index contributed by atoms with van der Waals surface area (Å²) in [5, 5.41) is 20.6. The predicted molar refractivity (Wildman–Crippen MR) is 160 cm³/mol. The number of aromatic hydroxyl groups is 1. The molecule has 0 spiro atoms. The van der Waals surface area contributed by atoms with Crippen molar-refractivity contribution in [2.75, 3.05) is 33.5 Å². The number of terminal acetylenes is 3. The summed E-state index contributed by atoms with van der Waals surface area (Å²) in [6.45, 7) is -0.580. The van der Waals surface area contributed by atoms with Crippen molar-refractivity contribution in [3.05, 3.63) is 64.3 Å². The molecule has 10 nitrogen and oxygen atoms in total. The lowest BCUT2D eigenvalue weighted by molar-refractivity contribution is -0.0123. The molecule has 3 aromatic carbocycles. The van der Waals surface area contributed by atoms with Crippen LogP contribution in [0.1, 0.15) is 11.7 Å². The van der Waals surface area contributed by atoms with E-state index in [-0.39, 0.29) is 60.4 Å². The van der Waals surface area contributed by atoms with Crippen molar-refractivity contribution >= 4 is 11.0 Å². The molecule has 2 N–H and O–H groups in total. The molecule has 2 atom stereocenters. The van der Waals surface area contributed by atoms with Crippen LogP contribution in [0.5, 0.6) is 40.2 Å². The Hall–Kier alpha value is -5.89. The first-order valence-electron chi connectivity index (χ1n) is 13.2. The standard InChI is InChI=1S/C34H26O10/c1-5-12-39-22-17-23(36)30-28(18-22)44-33(34(31(30)37)41-14-7-3)21-9-11-25-27(16-21)43-32(29(19-35)42-25)20-8-10-24(40-13-6-2)26(15-20)38-4/h1-3,8-11,15-18,29,32,35-36H,12-14,19H2,4H3/t29-,32-/m1/s1. The van der Waals surface area contributed by atoms with Crippen LogP contribution in [-0.2, 0) is 0 Å². The Labute approximate surface area is 252 Å². The molecular formula is C34H26O10. The molecule has 0 bridgehead atoms. The minimum atomic E-state index is -0.757. The molecule has 0 amide bonds. The van der Waals surface area contributed by atoms with E-state index < -0.39 is 17.6 Å². The van der Waals surface area contributed by atoms with Gasteiger partial charge in [0.15, 0.2) is 41.0 Å². The summed E-state index contributed by atoms with van der Waals surface area (Å²) in [5.41, 5.74) is 0.391. The highest BCUT2D eigenvalue weighted by atomic mass is 16.6. The first-order chi connectivity index (χ1) is 21.4. The van der Waals surface area contributed by atoms with Crippen LogP contribution in [0.4, 0.5) is 0 Å². The van der Waals surface area contributed by atoms with Crippen molar-refractivity contribution in [3.63, 3.8) is 0 Å². The van der Waals surface area contributed by atoms with Gasteiger partial charge in [0.05, 0.1) is 13.7 Å². The molecule has 0 unspecified atom stereocenters. The molecule has 1 aromatic heterocycles. The van der Waals surface area contributed by atoms with Crippen molar-refractivity contribution in [1.29, 1.82) is 0 Å². The number of benzene rings is 3. The first-order valence-corrected chi connectivity index (χ1v) is 13.2. The smallest absolute Gasteiger partial charge is 0.239 e. The number of aliphatic hydroxyl groups is 1. The van der Waals surface area contributed by atoms with E-state index in [1.165, 1.54) is 19.2 Å². The molecule has 0 saturated heterocycles. The van der Waals surface area contributed by atoms with Gasteiger partial charge in [0.1, 0.15) is 42.3 Å². The third kappa shape index (κ3) is 5.73. The Morgan fingerprint density at radius 2 is 1.61 bits per heavy atom. The number of aliphatic hydroxyl groups excluding tert-OH is 1. The fraction of sp³-hybridized carbons (Fsp3) is 0.206. The van der Waals surface area contributed by atoms with E-state index in [0.717, 1.165) is 0 Å². The molecule has 5 rings (SSSR count). The molecule has 0 aliphatic carbocycles. The molecule has 2 heterocycles. The van der Waals surface area contributed by atoms with Crippen LogP contribution in [0.2, 0.25) is 0 Å². The molecule has 44 heavy (non-hydrogen) atoms. The van der Waals surface area contributed by atoms with Gasteiger partial charge < -0.3 is 43.1 Å². The zero-order chi connectivity index (χ0) is 31.2. The predicted octanol–water partition coefficient (Wildman–Crippen LogP) is 4.08. The van der Waals surface area contributed by atoms with Crippen molar-refractivity contribution in [2.45, 2.75) is 12.2 Å². The normalized spacial score (nSPS) is 15.0. The quantitative estimate of drug-likeness (QED) is 0.260. The molecule has 0 fully saturated rings. The zero-order valence-corrected chi connectivity index (χ0v) is 23.5. The van der Waals surface area contributed by atoms with Gasteiger partial charge in [0.25, 0.3) is 0 Å². The number of hydrogen-bond donors (Lipinski definition) is 2. The average Bonchev–Trinajstić information content (AvgIpc) is 3.04. The second kappa shape index (κ2) is 13.0. The van der Waals surface area contributed by atoms with Crippen molar-refractivity contribution in [2.24, 2.45) is 0 Å². The van der Waals surface area contributed by atoms with Crippen LogP contribution in [0.25, 0.3) is 22.3 Å². The Bertz CT molecular complexity index is 1890. The van der Waals surface area contributed by atoms with E-state index in [2.05, 4.69) is 17.8 Å². The number of phenols is 1. The summed E-state index contributed by atoms with van der Waals surface area (Å²) < 4.78 is 40.5. The van der Waals surface area contributed by atoms with Crippen LogP contribution in [0.15, 0.2) is 57.7 Å². The first kappa shape index (κ1) is 29.6. The van der Waals surface area contributed by atoms with Gasteiger partial charge in [-0.25, -0.2) is 0 Å². The van der Waals surface area contributed by atoms with E-state index in [1.54, 1.807) is 36.4 Å². The van der Waals surface area contributed by atoms with Crippen molar-refractivity contribution < 1.29 is 43.1 Å². The van der Waals surface area contributed by atoms with Gasteiger partial charge in [-0.1, -0.05) is 23.8 Å². The molecule has 222 valence electrons. The summed E-state index contributed by atoms with van der Waals surface area (Å²) >= 11 is 0. The maximum atomic E-state index is 13.5. The van der Waals surface area contributed by atoms with Crippen LogP contribution in [0.3, 0.4) is 0 Å². The number of fused-ring (bicyclic) bond motifs is 2. The van der Waals surface area contributed by atoms with Crippen molar-refractivity contribution in [1.82, 2.24) is 0 Å². The summed E-state index contributed by atoms with van der Waals surface area (Å²) in [5.74, 6) is 8.20. The van der Waals surface area contributed by atoms with Gasteiger partial charge in [0.2, 0.25) is 11.2 Å². The summed E-state index contributed by atoms with van der Waals surface area (Å²) in [6.07, 6.45) is 14.5. The van der Waals surface area contributed by atoms with Crippen LogP contribution < -0.4 is 33.8 Å². The Balaban J connectivity index is 1.58. The summed E-state index contributed by atoms with van der Waals surface area (Å²) in [6, 6.07) is 12.7. The van der Waals surface area contributed by atoms with Crippen LogP contribution in [0, 0.1) is 37.0 Å². The van der Waals surface area contributed by atoms with Gasteiger partial charge >= 0.3 is 0 Å². The maximum absolute atomic E-state index is 13.5. The maximum Gasteiger partial charge on any atom is 0.239 e. The monoisotopic (exact) mass is 594 g/mol. The number of rotatable bonds is 10. The average molecular weight is 595 g/mol. The Morgan fingerprint density at radius 3 is 2.34 bits per heavy atom. The highest BCUT2D eigenvalue weighted by Crippen LogP contribution is 2.44. The van der Waals surface area contributed by atoms with E-state index in [0.29, 0.717) is 34.1 Å². The number of ether oxygens (including phenoxy) is 6. The number of methoxy groups -OCH3 is 1. The molecule has 4 aromatic rings. The lowest BCUT2D eigenvalue weighted by Crippen LogP contribution is -2.36. The van der Waals surface area contributed by atoms with Crippen LogP contribution in [-0.4, -0.2) is 49.9 Å². The highest BCUT2D eigenvalue weighted by Gasteiger charge is 2.34. The van der Waals surface area contributed by atoms with Crippen LogP contribution >= 0.6 is 0 Å². The van der Waals surface area contributed by atoms with E-state index >= 15 is 0 Å². The minimum absolute atomic E-state index is 0.0233. The molecule has 1 aliphatic rings. The lowest BCUT2D eigenvalue weighted by atomic mass is 10.0. The van der Waals surface area contributed by atoms with Gasteiger partial charge in [-0.15, -0.1) is 19.3 Å². The van der Waals surface area contributed by atoms with E-state index in [9.17, 15) is 15.0 Å². The van der Waals surface area contributed by atoms with E-state index in [1.807, 2.05) is 0 Å². The van der Waals surface area contributed by atoms with Crippen molar-refractivity contribution in [3.8, 4) is 88.6 Å². The molecule has 1 aliphatic heterocycles. The Morgan fingerprint density at radius 1 is 0.864 bits per heavy atom. The molecule has 0 saturated carbocycles. The zero-order valence-electron chi connectivity index (χ0n) is 23.5. The van der Waals surface area contributed by atoms with Gasteiger partial charge in [-0.05, 0) is 30.3 Å². The minimum Gasteiger partial charge on any atom is -0.507 e. The summed E-state index contributed by atoms with van der Waals surface area (Å²) in [4.78, 5) is 13.5. The topological polar surface area (TPSA) is 126 Å². The van der Waals surface area contributed by atoms with Gasteiger partial charge in [-0.2, -0.15) is 0 Å². The largest absolute Gasteiger partial charge is 0.507 e. The molecular weight excluding hydrogens is 568 g/mol. The Kier molecular flexibility index (Phi) is 8.72. The third-order valence-corrected chi connectivity index (χ3v) is 6.61.